The summed E-state index contributed by atoms with van der Waals surface area (Å²) >= 11 is 0. The second kappa shape index (κ2) is 15.7. The van der Waals surface area contributed by atoms with Crippen molar-refractivity contribution in [2.24, 2.45) is 7.05 Å². The molecule has 5 aromatic rings. The number of aromatic nitrogens is 4. The Morgan fingerprint density at radius 1 is 0.962 bits per heavy atom. The van der Waals surface area contributed by atoms with E-state index >= 15 is 0 Å². The summed E-state index contributed by atoms with van der Waals surface area (Å²) in [5, 5.41) is 16.3. The van der Waals surface area contributed by atoms with Crippen LogP contribution in [0.15, 0.2) is 102 Å². The number of carbonyl (C=O) groups is 2. The van der Waals surface area contributed by atoms with Gasteiger partial charge in [-0.05, 0) is 55.5 Å². The van der Waals surface area contributed by atoms with Crippen molar-refractivity contribution in [2.75, 3.05) is 34.2 Å². The molecule has 1 fully saturated rings. The van der Waals surface area contributed by atoms with Crippen molar-refractivity contribution in [2.45, 2.75) is 38.0 Å². The number of nitrogens with one attached hydrogen (secondary N) is 1. The van der Waals surface area contributed by atoms with Crippen LogP contribution in [0.25, 0.3) is 22.8 Å². The van der Waals surface area contributed by atoms with Crippen LogP contribution in [0, 0.1) is 11.3 Å². The largest absolute Gasteiger partial charge is 0.416 e. The Morgan fingerprint density at radius 2 is 1.57 bits per heavy atom. The van der Waals surface area contributed by atoms with Crippen molar-refractivity contribution in [3.63, 3.8) is 0 Å². The summed E-state index contributed by atoms with van der Waals surface area (Å²) in [6, 6.07) is 25.3. The van der Waals surface area contributed by atoms with E-state index in [0.717, 1.165) is 47.2 Å². The van der Waals surface area contributed by atoms with E-state index in [2.05, 4.69) is 24.5 Å². The Hall–Kier alpha value is -5.94. The molecule has 1 atom stereocenters. The van der Waals surface area contributed by atoms with Crippen LogP contribution in [0.3, 0.4) is 0 Å². The molecule has 276 valence electrons. The van der Waals surface area contributed by atoms with E-state index in [0.29, 0.717) is 11.3 Å². The molecule has 3 heterocycles. The average Bonchev–Trinajstić information content (AvgIpc) is 3.73. The van der Waals surface area contributed by atoms with Crippen molar-refractivity contribution in [3.05, 3.63) is 124 Å². The highest BCUT2D eigenvalue weighted by atomic mass is 19.4. The third-order valence-corrected chi connectivity index (χ3v) is 9.45. The molecule has 1 saturated heterocycles. The molecule has 1 aliphatic rings. The number of hydrogen-bond acceptors (Lipinski definition) is 5. The third-order valence-electron chi connectivity index (χ3n) is 9.45. The molecule has 1 N–H and O–H groups in total. The fourth-order valence-corrected chi connectivity index (χ4v) is 6.42. The molecule has 2 amide bonds. The lowest BCUT2D eigenvalue weighted by Crippen LogP contribution is -2.55. The van der Waals surface area contributed by atoms with Gasteiger partial charge in [0, 0.05) is 33.0 Å². The number of quaternary nitrogens is 1. The normalized spacial score (nSPS) is 14.7. The van der Waals surface area contributed by atoms with Gasteiger partial charge in [-0.3, -0.25) is 19.1 Å². The number of carbonyl (C=O) groups excluding carboxylic acids is 2. The van der Waals surface area contributed by atoms with Crippen molar-refractivity contribution in [1.29, 1.82) is 5.26 Å². The highest BCUT2D eigenvalue weighted by Gasteiger charge is 2.35. The summed E-state index contributed by atoms with van der Waals surface area (Å²) in [5.41, 5.74) is -1.08. The van der Waals surface area contributed by atoms with Crippen LogP contribution in [0.1, 0.15) is 41.3 Å². The number of piperidine rings is 1. The third kappa shape index (κ3) is 8.58. The number of rotatable bonds is 7. The second-order valence-corrected chi connectivity index (χ2v) is 13.6. The molecule has 14 heteroatoms. The van der Waals surface area contributed by atoms with Gasteiger partial charge in [0.2, 0.25) is 5.91 Å². The monoisotopic (exact) mass is 727 g/mol. The maximum Gasteiger partial charge on any atom is 0.416 e. The summed E-state index contributed by atoms with van der Waals surface area (Å²) in [6.07, 6.45) is -1.61. The van der Waals surface area contributed by atoms with Crippen molar-refractivity contribution in [3.8, 4) is 28.8 Å². The fourth-order valence-electron chi connectivity index (χ4n) is 6.42. The van der Waals surface area contributed by atoms with E-state index in [-0.39, 0.29) is 34.6 Å². The average molecular weight is 728 g/mol. The Kier molecular flexibility index (Phi) is 11.4. The van der Waals surface area contributed by atoms with E-state index in [4.69, 9.17) is 0 Å². The fraction of sp³-hybridized carbons (Fsp3) is 0.308. The van der Waals surface area contributed by atoms with Gasteiger partial charge < -0.3 is 14.7 Å². The molecule has 0 radical (unpaired) electrons. The predicted molar refractivity (Wildman–Crippen MR) is 194 cm³/mol. The van der Waals surface area contributed by atoms with Crippen LogP contribution in [0.4, 0.5) is 13.2 Å². The molecule has 11 nitrogen and oxygen atoms in total. The molecule has 1 unspecified atom stereocenters. The van der Waals surface area contributed by atoms with E-state index < -0.39 is 29.2 Å². The SMILES string of the molecule is CC(NC(=O)c1c(-c2ccnn2-c2ccc(C#N)cc2)n(C)n(-c2cccc(C(F)(F)F)c2)c1=O)C(=O)N(C)C1CC[N+](C)(C)CC1.c1ccccc1. The Morgan fingerprint density at radius 3 is 2.13 bits per heavy atom. The Labute approximate surface area is 305 Å². The zero-order valence-electron chi connectivity index (χ0n) is 30.2. The van der Waals surface area contributed by atoms with Gasteiger partial charge in [0.25, 0.3) is 11.5 Å². The van der Waals surface area contributed by atoms with Crippen LogP contribution in [-0.4, -0.2) is 86.7 Å². The topological polar surface area (TPSA) is 118 Å². The summed E-state index contributed by atoms with van der Waals surface area (Å²) in [4.78, 5) is 43.1. The molecule has 0 bridgehead atoms. The first kappa shape index (κ1) is 38.3. The molecule has 0 spiro atoms. The minimum atomic E-state index is -4.67. The highest BCUT2D eigenvalue weighted by Crippen LogP contribution is 2.31. The van der Waals surface area contributed by atoms with E-state index in [1.807, 2.05) is 42.5 Å². The molecule has 1 aliphatic heterocycles. The minimum absolute atomic E-state index is 0.000183. The van der Waals surface area contributed by atoms with Gasteiger partial charge in [-0.15, -0.1) is 0 Å². The number of halogens is 3. The van der Waals surface area contributed by atoms with Gasteiger partial charge in [0.05, 0.1) is 67.6 Å². The van der Waals surface area contributed by atoms with Gasteiger partial charge in [-0.2, -0.15) is 23.5 Å². The molecule has 0 aliphatic carbocycles. The molecule has 3 aromatic carbocycles. The van der Waals surface area contributed by atoms with Crippen LogP contribution in [0.2, 0.25) is 0 Å². The first-order valence-corrected chi connectivity index (χ1v) is 17.1. The Balaban J connectivity index is 0.000000820. The van der Waals surface area contributed by atoms with Gasteiger partial charge in [0.1, 0.15) is 17.3 Å². The predicted octanol–water partition coefficient (Wildman–Crippen LogP) is 5.42. The summed E-state index contributed by atoms with van der Waals surface area (Å²) in [5.74, 6) is -1.19. The first-order valence-electron chi connectivity index (χ1n) is 17.1. The van der Waals surface area contributed by atoms with Gasteiger partial charge in [0.15, 0.2) is 0 Å². The molecule has 0 saturated carbocycles. The van der Waals surface area contributed by atoms with Crippen molar-refractivity contribution >= 4 is 11.8 Å². The number of hydrogen-bond donors (Lipinski definition) is 1. The molecular formula is C39H42F3N8O3+. The van der Waals surface area contributed by atoms with Crippen LogP contribution in [-0.2, 0) is 18.0 Å². The zero-order chi connectivity index (χ0) is 38.5. The lowest BCUT2D eigenvalue weighted by Gasteiger charge is -2.40. The highest BCUT2D eigenvalue weighted by molar-refractivity contribution is 6.02. The van der Waals surface area contributed by atoms with Crippen LogP contribution in [0.5, 0.6) is 0 Å². The number of likely N-dealkylation sites (N-methyl/N-ethyl adjacent to an activating group) is 1. The maximum atomic E-state index is 14.1. The number of benzene rings is 3. The number of likely N-dealkylation sites (tertiary alicyclic amines) is 1. The van der Waals surface area contributed by atoms with E-state index in [9.17, 15) is 32.8 Å². The van der Waals surface area contributed by atoms with Crippen molar-refractivity contribution in [1.82, 2.24) is 29.4 Å². The summed E-state index contributed by atoms with van der Waals surface area (Å²) in [6.45, 7) is 3.34. The first-order chi connectivity index (χ1) is 25.1. The molecule has 2 aromatic heterocycles. The molecule has 6 rings (SSSR count). The van der Waals surface area contributed by atoms with E-state index in [1.165, 1.54) is 41.7 Å². The zero-order valence-corrected chi connectivity index (χ0v) is 30.2. The standard InChI is InChI=1S/C33H35F3N8O3.C6H6/c1-21(31(46)40(2)24-14-17-44(4,5)18-15-24)39-30(45)28-29(27-13-16-38-42(27)25-11-9-22(20-37)10-12-25)41(3)43(32(28)47)26-8-6-7-23(19-26)33(34,35)36;1-2-4-6-5-3-1/h6-13,16,19,21,24H,14-15,17-18H2,1-5H3;1-6H/p+1. The lowest BCUT2D eigenvalue weighted by atomic mass is 10.0. The van der Waals surface area contributed by atoms with Crippen LogP contribution >= 0.6 is 0 Å². The molecular weight excluding hydrogens is 685 g/mol. The van der Waals surface area contributed by atoms with Crippen molar-refractivity contribution < 1.29 is 27.2 Å². The smallest absolute Gasteiger partial charge is 0.341 e. The number of nitrogens with zero attached hydrogens (tertiary/aromatic N) is 7. The van der Waals surface area contributed by atoms with Gasteiger partial charge >= 0.3 is 6.18 Å². The Bertz CT molecular complexity index is 2130. The minimum Gasteiger partial charge on any atom is -0.341 e. The maximum absolute atomic E-state index is 14.1. The lowest BCUT2D eigenvalue weighted by molar-refractivity contribution is -0.895. The van der Waals surface area contributed by atoms with Crippen LogP contribution < -0.4 is 10.9 Å². The van der Waals surface area contributed by atoms with Gasteiger partial charge in [-0.25, -0.2) is 9.36 Å². The summed E-state index contributed by atoms with van der Waals surface area (Å²) in [7, 11) is 7.43. The quantitative estimate of drug-likeness (QED) is 0.225. The second-order valence-electron chi connectivity index (χ2n) is 13.6. The number of amides is 2. The molecule has 53 heavy (non-hydrogen) atoms. The van der Waals surface area contributed by atoms with Gasteiger partial charge in [-0.1, -0.05) is 42.5 Å². The van der Waals surface area contributed by atoms with E-state index in [1.54, 1.807) is 42.3 Å². The number of nitriles is 1. The number of alkyl halides is 3. The summed E-state index contributed by atoms with van der Waals surface area (Å²) < 4.78 is 45.5.